The molecule has 1 aliphatic heterocycles. The lowest BCUT2D eigenvalue weighted by Crippen LogP contribution is -2.55. The topological polar surface area (TPSA) is 85.6 Å². The van der Waals surface area contributed by atoms with Crippen LogP contribution in [0.25, 0.3) is 28.0 Å². The fourth-order valence-electron chi connectivity index (χ4n) is 4.77. The number of piperazine rings is 1. The fraction of sp³-hybridized carbons (Fsp3) is 0.357. The van der Waals surface area contributed by atoms with Crippen LogP contribution in [-0.2, 0) is 4.74 Å². The van der Waals surface area contributed by atoms with Crippen LogP contribution in [0.5, 0.6) is 5.75 Å². The molecular formula is C28H29F3N6O3. The van der Waals surface area contributed by atoms with Crippen molar-refractivity contribution in [3.63, 3.8) is 0 Å². The van der Waals surface area contributed by atoms with Crippen LogP contribution in [0, 0.1) is 0 Å². The van der Waals surface area contributed by atoms with E-state index in [1.165, 1.54) is 18.6 Å². The Morgan fingerprint density at radius 3 is 2.45 bits per heavy atom. The van der Waals surface area contributed by atoms with Crippen molar-refractivity contribution in [3.05, 3.63) is 61.2 Å². The first-order valence-electron chi connectivity index (χ1n) is 12.8. The number of hydrogen-bond acceptors (Lipinski definition) is 7. The second-order valence-corrected chi connectivity index (χ2v) is 10.5. The minimum atomic E-state index is -4.83. The Hall–Kier alpha value is -4.35. The molecule has 40 heavy (non-hydrogen) atoms. The van der Waals surface area contributed by atoms with Crippen LogP contribution in [0.2, 0.25) is 0 Å². The van der Waals surface area contributed by atoms with E-state index in [9.17, 15) is 18.0 Å². The van der Waals surface area contributed by atoms with Crippen LogP contribution < -0.4 is 9.64 Å². The summed E-state index contributed by atoms with van der Waals surface area (Å²) in [4.78, 5) is 30.0. The van der Waals surface area contributed by atoms with Gasteiger partial charge in [0.15, 0.2) is 5.65 Å². The molecule has 4 heterocycles. The normalized spacial score (nSPS) is 16.3. The Balaban J connectivity index is 1.57. The standard InChI is InChI=1S/C28H29F3N6O3/c1-18-15-35(12-13-36(18)26(38)40-27(2,3)4)24-23-21(19-8-6-5-7-9-19)16-37(25(23)34-17-33-24)22-14-20(10-11-32-22)39-28(29,30)31/h5-11,14,16-18H,12-13,15H2,1-4H3. The SMILES string of the molecule is CC1CN(c2ncnc3c2c(-c2ccccc2)cn3-c2cc(OC(F)(F)F)ccn2)CCN1C(=O)OC(C)(C)C. The molecule has 9 nitrogen and oxygen atoms in total. The molecule has 3 aromatic heterocycles. The second kappa shape index (κ2) is 10.3. The molecule has 5 rings (SSSR count). The number of nitrogens with zero attached hydrogens (tertiary/aromatic N) is 6. The zero-order valence-corrected chi connectivity index (χ0v) is 22.5. The molecule has 0 saturated carbocycles. The number of ether oxygens (including phenoxy) is 2. The van der Waals surface area contributed by atoms with E-state index in [4.69, 9.17) is 4.74 Å². The lowest BCUT2D eigenvalue weighted by molar-refractivity contribution is -0.274. The summed E-state index contributed by atoms with van der Waals surface area (Å²) in [6.45, 7) is 8.88. The number of carbonyl (C=O) groups is 1. The molecule has 0 N–H and O–H groups in total. The number of rotatable bonds is 4. The Morgan fingerprint density at radius 1 is 1.02 bits per heavy atom. The van der Waals surface area contributed by atoms with E-state index in [0.29, 0.717) is 31.1 Å². The van der Waals surface area contributed by atoms with Gasteiger partial charge in [-0.25, -0.2) is 19.7 Å². The summed E-state index contributed by atoms with van der Waals surface area (Å²) < 4.78 is 50.0. The van der Waals surface area contributed by atoms with Crippen LogP contribution >= 0.6 is 0 Å². The van der Waals surface area contributed by atoms with Crippen LogP contribution in [0.15, 0.2) is 61.2 Å². The second-order valence-electron chi connectivity index (χ2n) is 10.5. The summed E-state index contributed by atoms with van der Waals surface area (Å²) in [7, 11) is 0. The Kier molecular flexibility index (Phi) is 7.03. The van der Waals surface area contributed by atoms with Crippen LogP contribution in [0.4, 0.5) is 23.8 Å². The van der Waals surface area contributed by atoms with Crippen LogP contribution in [-0.4, -0.2) is 68.2 Å². The molecule has 0 radical (unpaired) electrons. The molecule has 1 atom stereocenters. The molecule has 1 aliphatic rings. The van der Waals surface area contributed by atoms with Crippen molar-refractivity contribution in [1.82, 2.24) is 24.4 Å². The third-order valence-corrected chi connectivity index (χ3v) is 6.40. The highest BCUT2D eigenvalue weighted by molar-refractivity contribution is 6.02. The first-order valence-corrected chi connectivity index (χ1v) is 12.8. The number of aromatic nitrogens is 4. The van der Waals surface area contributed by atoms with Gasteiger partial charge in [-0.05, 0) is 39.3 Å². The molecule has 0 bridgehead atoms. The van der Waals surface area contributed by atoms with Gasteiger partial charge in [0.05, 0.1) is 5.39 Å². The van der Waals surface area contributed by atoms with Gasteiger partial charge in [-0.3, -0.25) is 4.57 Å². The molecule has 0 spiro atoms. The van der Waals surface area contributed by atoms with Gasteiger partial charge in [0.25, 0.3) is 0 Å². The third-order valence-electron chi connectivity index (χ3n) is 6.40. The molecule has 1 amide bonds. The van der Waals surface area contributed by atoms with Crippen molar-refractivity contribution in [2.45, 2.75) is 45.7 Å². The zero-order valence-electron chi connectivity index (χ0n) is 22.5. The van der Waals surface area contributed by atoms with Crippen molar-refractivity contribution in [1.29, 1.82) is 0 Å². The Morgan fingerprint density at radius 2 is 1.77 bits per heavy atom. The maximum absolute atomic E-state index is 12.9. The number of carbonyl (C=O) groups excluding carboxylic acids is 1. The van der Waals surface area contributed by atoms with Crippen LogP contribution in [0.1, 0.15) is 27.7 Å². The summed E-state index contributed by atoms with van der Waals surface area (Å²) in [5.74, 6) is 0.477. The van der Waals surface area contributed by atoms with Gasteiger partial charge in [0, 0.05) is 49.7 Å². The first-order chi connectivity index (χ1) is 18.9. The minimum Gasteiger partial charge on any atom is -0.444 e. The number of amides is 1. The Labute approximate surface area is 229 Å². The monoisotopic (exact) mass is 554 g/mol. The molecule has 1 unspecified atom stereocenters. The molecule has 210 valence electrons. The van der Waals surface area contributed by atoms with Gasteiger partial charge in [0.1, 0.15) is 29.3 Å². The van der Waals surface area contributed by atoms with Crippen molar-refractivity contribution in [3.8, 4) is 22.7 Å². The maximum Gasteiger partial charge on any atom is 0.573 e. The molecule has 4 aromatic rings. The lowest BCUT2D eigenvalue weighted by atomic mass is 10.1. The maximum atomic E-state index is 12.9. The quantitative estimate of drug-likeness (QED) is 0.314. The van der Waals surface area contributed by atoms with Gasteiger partial charge in [-0.2, -0.15) is 0 Å². The first kappa shape index (κ1) is 27.2. The van der Waals surface area contributed by atoms with E-state index in [-0.39, 0.29) is 23.7 Å². The summed E-state index contributed by atoms with van der Waals surface area (Å²) in [5.41, 5.74) is 1.54. The summed E-state index contributed by atoms with van der Waals surface area (Å²) in [5, 5.41) is 0.718. The molecule has 1 fully saturated rings. The predicted octanol–water partition coefficient (Wildman–Crippen LogP) is 5.83. The van der Waals surface area contributed by atoms with Gasteiger partial charge in [0.2, 0.25) is 0 Å². The Bertz CT molecular complexity index is 1520. The molecule has 1 aromatic carbocycles. The molecule has 12 heteroatoms. The lowest BCUT2D eigenvalue weighted by Gasteiger charge is -2.40. The number of fused-ring (bicyclic) bond motifs is 1. The summed E-state index contributed by atoms with van der Waals surface area (Å²) in [6, 6.07) is 11.8. The van der Waals surface area contributed by atoms with Crippen molar-refractivity contribution < 1.29 is 27.4 Å². The third kappa shape index (κ3) is 5.80. The molecule has 1 saturated heterocycles. The average molecular weight is 555 g/mol. The van der Waals surface area contributed by atoms with E-state index >= 15 is 0 Å². The fourth-order valence-corrected chi connectivity index (χ4v) is 4.77. The summed E-state index contributed by atoms with van der Waals surface area (Å²) >= 11 is 0. The number of halogens is 3. The minimum absolute atomic E-state index is 0.159. The van der Waals surface area contributed by atoms with E-state index in [1.807, 2.05) is 58.0 Å². The average Bonchev–Trinajstić information content (AvgIpc) is 3.27. The molecular weight excluding hydrogens is 525 g/mol. The van der Waals surface area contributed by atoms with Gasteiger partial charge < -0.3 is 19.3 Å². The van der Waals surface area contributed by atoms with Crippen LogP contribution in [0.3, 0.4) is 0 Å². The highest BCUT2D eigenvalue weighted by Gasteiger charge is 2.33. The number of hydrogen-bond donors (Lipinski definition) is 0. The predicted molar refractivity (Wildman–Crippen MR) is 143 cm³/mol. The van der Waals surface area contributed by atoms with Crippen molar-refractivity contribution >= 4 is 22.9 Å². The van der Waals surface area contributed by atoms with E-state index in [1.54, 1.807) is 15.7 Å². The van der Waals surface area contributed by atoms with E-state index in [2.05, 4.69) is 24.6 Å². The van der Waals surface area contributed by atoms with Gasteiger partial charge in [-0.15, -0.1) is 13.2 Å². The highest BCUT2D eigenvalue weighted by atomic mass is 19.4. The van der Waals surface area contributed by atoms with E-state index in [0.717, 1.165) is 22.6 Å². The largest absolute Gasteiger partial charge is 0.573 e. The molecule has 0 aliphatic carbocycles. The number of pyridine rings is 1. The number of anilines is 1. The summed E-state index contributed by atoms with van der Waals surface area (Å²) in [6.07, 6.45) is -0.734. The van der Waals surface area contributed by atoms with Crippen molar-refractivity contribution in [2.24, 2.45) is 0 Å². The zero-order chi connectivity index (χ0) is 28.7. The number of alkyl halides is 3. The van der Waals surface area contributed by atoms with E-state index < -0.39 is 12.0 Å². The van der Waals surface area contributed by atoms with Crippen molar-refractivity contribution in [2.75, 3.05) is 24.5 Å². The highest BCUT2D eigenvalue weighted by Crippen LogP contribution is 2.37. The van der Waals surface area contributed by atoms with Gasteiger partial charge in [-0.1, -0.05) is 30.3 Å². The van der Waals surface area contributed by atoms with Gasteiger partial charge >= 0.3 is 12.5 Å². The smallest absolute Gasteiger partial charge is 0.444 e. The number of benzene rings is 1.